The molecule has 9 nitrogen and oxygen atoms in total. The zero-order valence-corrected chi connectivity index (χ0v) is 23.2. The fourth-order valence-corrected chi connectivity index (χ4v) is 7.18. The highest BCUT2D eigenvalue weighted by atomic mass is 35.5. The van der Waals surface area contributed by atoms with Gasteiger partial charge in [-0.2, -0.15) is 0 Å². The number of benzene rings is 1. The van der Waals surface area contributed by atoms with Gasteiger partial charge in [0.15, 0.2) is 5.67 Å². The molecule has 12 heteroatoms. The fraction of sp³-hybridized carbons (Fsp3) is 0.393. The van der Waals surface area contributed by atoms with Crippen LogP contribution in [0.3, 0.4) is 0 Å². The van der Waals surface area contributed by atoms with E-state index in [1.807, 2.05) is 12.3 Å². The summed E-state index contributed by atoms with van der Waals surface area (Å²) in [5, 5.41) is 1.17. The molecule has 3 aromatic heterocycles. The summed E-state index contributed by atoms with van der Waals surface area (Å²) >= 11 is 8.00. The van der Waals surface area contributed by atoms with Crippen molar-refractivity contribution in [2.45, 2.75) is 47.4 Å². The van der Waals surface area contributed by atoms with Crippen molar-refractivity contribution in [3.63, 3.8) is 0 Å². The van der Waals surface area contributed by atoms with Gasteiger partial charge in [-0.05, 0) is 48.4 Å². The van der Waals surface area contributed by atoms with E-state index in [0.717, 1.165) is 43.9 Å². The largest absolute Gasteiger partial charge is 0.374 e. The van der Waals surface area contributed by atoms with E-state index in [-0.39, 0.29) is 47.2 Å². The second kappa shape index (κ2) is 9.76. The van der Waals surface area contributed by atoms with E-state index in [1.165, 1.54) is 28.2 Å². The van der Waals surface area contributed by atoms with Crippen LogP contribution in [0.2, 0.25) is 5.02 Å². The Hall–Kier alpha value is -3.12. The summed E-state index contributed by atoms with van der Waals surface area (Å²) in [6.45, 7) is 1.51. The number of fused-ring (bicyclic) bond motifs is 2. The maximum Gasteiger partial charge on any atom is 0.262 e. The van der Waals surface area contributed by atoms with Crippen molar-refractivity contribution in [2.24, 2.45) is 11.1 Å². The molecule has 1 spiro atoms. The van der Waals surface area contributed by atoms with Crippen molar-refractivity contribution in [3.05, 3.63) is 75.8 Å². The van der Waals surface area contributed by atoms with Gasteiger partial charge in [-0.15, -0.1) is 0 Å². The van der Waals surface area contributed by atoms with Crippen molar-refractivity contribution < 1.29 is 9.13 Å². The van der Waals surface area contributed by atoms with Crippen LogP contribution in [0, 0.1) is 5.41 Å². The first-order chi connectivity index (χ1) is 19.3. The Bertz CT molecular complexity index is 1660. The zero-order chi connectivity index (χ0) is 27.5. The van der Waals surface area contributed by atoms with E-state index in [1.54, 1.807) is 24.5 Å². The highest BCUT2D eigenvalue weighted by Gasteiger charge is 2.46. The molecular formula is C28H27ClFN7O2S. The van der Waals surface area contributed by atoms with Gasteiger partial charge in [-0.3, -0.25) is 14.3 Å². The molecule has 3 aliphatic rings. The second-order valence-electron chi connectivity index (χ2n) is 11.0. The zero-order valence-electron chi connectivity index (χ0n) is 21.6. The molecule has 40 heavy (non-hydrogen) atoms. The van der Waals surface area contributed by atoms with Gasteiger partial charge in [-0.25, -0.2) is 19.3 Å². The molecule has 4 aromatic rings. The lowest BCUT2D eigenvalue weighted by atomic mass is 9.73. The summed E-state index contributed by atoms with van der Waals surface area (Å²) in [5.74, 6) is 0.818. The van der Waals surface area contributed by atoms with Crippen molar-refractivity contribution in [1.82, 2.24) is 24.5 Å². The fourth-order valence-electron chi connectivity index (χ4n) is 6.06. The molecule has 206 valence electrons. The van der Waals surface area contributed by atoms with E-state index in [4.69, 9.17) is 22.1 Å². The van der Waals surface area contributed by atoms with Crippen molar-refractivity contribution in [3.8, 4) is 0 Å². The molecule has 2 aliphatic heterocycles. The van der Waals surface area contributed by atoms with Crippen LogP contribution < -0.4 is 16.2 Å². The predicted octanol–water partition coefficient (Wildman–Crippen LogP) is 3.97. The van der Waals surface area contributed by atoms with Gasteiger partial charge in [0.25, 0.3) is 5.56 Å². The SMILES string of the molecule is N[C@@H]1c2cccnc2CC12CCN(c1cnc(Sc3ccc4ncn(CC5(F)COC5)c(=O)c4c3Cl)cn1)CC2. The smallest absolute Gasteiger partial charge is 0.262 e. The van der Waals surface area contributed by atoms with Crippen LogP contribution in [-0.2, 0) is 17.7 Å². The first-order valence-electron chi connectivity index (χ1n) is 13.2. The average Bonchev–Trinajstić information content (AvgIpc) is 3.22. The number of hydrogen-bond donors (Lipinski definition) is 1. The third kappa shape index (κ3) is 4.36. The van der Waals surface area contributed by atoms with E-state index in [9.17, 15) is 9.18 Å². The maximum atomic E-state index is 14.6. The molecular weight excluding hydrogens is 553 g/mol. The molecule has 0 unspecified atom stereocenters. The summed E-state index contributed by atoms with van der Waals surface area (Å²) in [7, 11) is 0. The third-order valence-corrected chi connectivity index (χ3v) is 9.91. The summed E-state index contributed by atoms with van der Waals surface area (Å²) < 4.78 is 20.8. The Morgan fingerprint density at radius 1 is 1.12 bits per heavy atom. The van der Waals surface area contributed by atoms with Gasteiger partial charge in [-0.1, -0.05) is 29.4 Å². The van der Waals surface area contributed by atoms with Gasteiger partial charge >= 0.3 is 0 Å². The molecule has 2 saturated heterocycles. The number of ether oxygens (including phenoxy) is 1. The Kier molecular flexibility index (Phi) is 6.30. The molecule has 1 atom stereocenters. The molecule has 1 aromatic carbocycles. The van der Waals surface area contributed by atoms with E-state index >= 15 is 0 Å². The van der Waals surface area contributed by atoms with Gasteiger partial charge in [0.1, 0.15) is 10.8 Å². The first kappa shape index (κ1) is 25.8. The highest BCUT2D eigenvalue weighted by Crippen LogP contribution is 2.50. The van der Waals surface area contributed by atoms with E-state index < -0.39 is 5.67 Å². The van der Waals surface area contributed by atoms with E-state index in [0.29, 0.717) is 15.4 Å². The minimum absolute atomic E-state index is 0.0135. The number of rotatable bonds is 5. The van der Waals surface area contributed by atoms with Crippen molar-refractivity contribution in [1.29, 1.82) is 0 Å². The third-order valence-electron chi connectivity index (χ3n) is 8.42. The minimum Gasteiger partial charge on any atom is -0.374 e. The molecule has 7 rings (SSSR count). The quantitative estimate of drug-likeness (QED) is 0.375. The average molecular weight is 580 g/mol. The Morgan fingerprint density at radius 3 is 2.65 bits per heavy atom. The summed E-state index contributed by atoms with van der Waals surface area (Å²) in [6, 6.07) is 7.62. The first-order valence-corrected chi connectivity index (χ1v) is 14.4. The molecule has 0 amide bonds. The minimum atomic E-state index is -1.56. The number of aromatic nitrogens is 5. The van der Waals surface area contributed by atoms with Crippen LogP contribution in [-0.4, -0.2) is 56.5 Å². The van der Waals surface area contributed by atoms with E-state index in [2.05, 4.69) is 30.9 Å². The van der Waals surface area contributed by atoms with Crippen molar-refractivity contribution >= 4 is 40.1 Å². The number of nitrogens with two attached hydrogens (primary N) is 1. The van der Waals surface area contributed by atoms with Crippen LogP contribution in [0.4, 0.5) is 10.2 Å². The maximum absolute atomic E-state index is 14.6. The van der Waals surface area contributed by atoms with Crippen LogP contribution in [0.5, 0.6) is 0 Å². The molecule has 5 heterocycles. The normalized spacial score (nSPS) is 21.0. The van der Waals surface area contributed by atoms with Gasteiger partial charge in [0, 0.05) is 35.9 Å². The molecule has 0 radical (unpaired) electrons. The lowest BCUT2D eigenvalue weighted by Gasteiger charge is -2.42. The summed E-state index contributed by atoms with van der Waals surface area (Å²) in [6.07, 6.45) is 9.56. The number of halogens is 2. The number of piperidine rings is 1. The predicted molar refractivity (Wildman–Crippen MR) is 151 cm³/mol. The van der Waals surface area contributed by atoms with Gasteiger partial charge in [0.2, 0.25) is 0 Å². The van der Waals surface area contributed by atoms with Crippen LogP contribution >= 0.6 is 23.4 Å². The molecule has 1 aliphatic carbocycles. The lowest BCUT2D eigenvalue weighted by molar-refractivity contribution is -0.137. The number of pyridine rings is 1. The standard InChI is InChI=1S/C28H27ClFN7O2S/c29-24-20(4-3-18-23(24)26(38)37(16-35-18)13-28(30)14-39-15-28)40-22-12-33-21(11-34-22)36-8-5-27(6-9-36)10-19-17(25(27)31)2-1-7-32-19/h1-4,7,11-12,16,25H,5-6,8-10,13-15,31H2/t25-/m1/s1. The number of nitrogens with zero attached hydrogens (tertiary/aromatic N) is 6. The second-order valence-corrected chi connectivity index (χ2v) is 12.4. The van der Waals surface area contributed by atoms with Crippen LogP contribution in [0.1, 0.15) is 30.1 Å². The van der Waals surface area contributed by atoms with Crippen LogP contribution in [0.25, 0.3) is 10.9 Å². The highest BCUT2D eigenvalue weighted by molar-refractivity contribution is 7.99. The van der Waals surface area contributed by atoms with Crippen LogP contribution in [0.15, 0.2) is 63.9 Å². The van der Waals surface area contributed by atoms with Gasteiger partial charge in [0.05, 0.1) is 54.4 Å². The molecule has 2 fully saturated rings. The molecule has 0 bridgehead atoms. The Morgan fingerprint density at radius 2 is 1.95 bits per heavy atom. The number of hydrogen-bond acceptors (Lipinski definition) is 9. The summed E-state index contributed by atoms with van der Waals surface area (Å²) in [5.41, 5.74) is 7.56. The lowest BCUT2D eigenvalue weighted by Crippen LogP contribution is -2.50. The number of alkyl halides is 1. The van der Waals surface area contributed by atoms with Gasteiger partial charge < -0.3 is 15.4 Å². The summed E-state index contributed by atoms with van der Waals surface area (Å²) in [4.78, 5) is 34.2. The topological polar surface area (TPSA) is 112 Å². The Labute approximate surface area is 238 Å². The molecule has 2 N–H and O–H groups in total. The monoisotopic (exact) mass is 579 g/mol. The molecule has 0 saturated carbocycles. The Balaban J connectivity index is 1.05. The van der Waals surface area contributed by atoms with Crippen molar-refractivity contribution in [2.75, 3.05) is 31.2 Å². The number of anilines is 1.